The van der Waals surface area contributed by atoms with Gasteiger partial charge in [-0.05, 0) is 111 Å². The molecule has 11 aromatic rings. The predicted octanol–water partition coefficient (Wildman–Crippen LogP) is 14.2. The van der Waals surface area contributed by atoms with Crippen molar-refractivity contribution in [1.29, 1.82) is 0 Å². The summed E-state index contributed by atoms with van der Waals surface area (Å²) in [6.45, 7) is 14.0. The second kappa shape index (κ2) is 11.2. The van der Waals surface area contributed by atoms with Crippen LogP contribution in [0.5, 0.6) is 0 Å². The smallest absolute Gasteiger partial charge is 0.333 e. The number of hydrogen-bond donors (Lipinski definition) is 0. The van der Waals surface area contributed by atoms with E-state index < -0.39 is 0 Å². The molecule has 0 spiro atoms. The Balaban J connectivity index is 1.18. The van der Waals surface area contributed by atoms with Crippen LogP contribution < -0.4 is 15.7 Å². The average Bonchev–Trinajstić information content (AvgIpc) is 3.98. The number of para-hydroxylation sites is 1. The second-order valence-corrected chi connectivity index (χ2v) is 20.4. The van der Waals surface area contributed by atoms with E-state index in [0.29, 0.717) is 0 Å². The molecule has 0 saturated heterocycles. The highest BCUT2D eigenvalue weighted by atomic mass is 32.1. The maximum Gasteiger partial charge on any atom is 0.333 e. The summed E-state index contributed by atoms with van der Waals surface area (Å²) in [6.07, 6.45) is 0. The number of aromatic nitrogens is 1. The highest BCUT2D eigenvalue weighted by Gasteiger charge is 2.47. The zero-order chi connectivity index (χ0) is 40.8. The first-order valence-electron chi connectivity index (χ1n) is 21.6. The summed E-state index contributed by atoms with van der Waals surface area (Å²) in [7, 11) is 0. The normalized spacial score (nSPS) is 14.8. The molecule has 0 N–H and O–H groups in total. The molecule has 3 aliphatic rings. The van der Waals surface area contributed by atoms with Crippen LogP contribution in [0.2, 0.25) is 0 Å². The second-order valence-electron chi connectivity index (χ2n) is 19.3. The van der Waals surface area contributed by atoms with Gasteiger partial charge in [-0.3, -0.25) is 0 Å². The third-order valence-electron chi connectivity index (χ3n) is 14.6. The van der Waals surface area contributed by atoms with Gasteiger partial charge in [0.1, 0.15) is 11.2 Å². The quantitative estimate of drug-likeness (QED) is 0.154. The molecule has 14 rings (SSSR count). The minimum atomic E-state index is -0.151. The van der Waals surface area contributed by atoms with Gasteiger partial charge in [-0.25, -0.2) is 0 Å². The summed E-state index contributed by atoms with van der Waals surface area (Å²) in [4.78, 5) is 2.69. The van der Waals surface area contributed by atoms with E-state index in [1.807, 2.05) is 11.3 Å². The van der Waals surface area contributed by atoms with E-state index in [-0.39, 0.29) is 17.7 Å². The zero-order valence-electron chi connectivity index (χ0n) is 35.1. The molecule has 1 aliphatic carbocycles. The van der Waals surface area contributed by atoms with Gasteiger partial charge in [0.2, 0.25) is 0 Å². The van der Waals surface area contributed by atoms with Gasteiger partial charge in [-0.1, -0.05) is 120 Å². The summed E-state index contributed by atoms with van der Waals surface area (Å²) in [5, 5.41) is 7.58. The molecule has 0 bridgehead atoms. The van der Waals surface area contributed by atoms with Crippen molar-refractivity contribution in [2.45, 2.75) is 52.4 Å². The van der Waals surface area contributed by atoms with Crippen LogP contribution in [-0.4, -0.2) is 11.4 Å². The van der Waals surface area contributed by atoms with E-state index in [1.165, 1.54) is 120 Å². The molecule has 0 radical (unpaired) electrons. The molecule has 290 valence electrons. The monoisotopic (exact) mass is 800 g/mol. The number of fused-ring (bicyclic) bond motifs is 17. The largest absolute Gasteiger partial charge is 0.456 e. The van der Waals surface area contributed by atoms with Crippen LogP contribution in [0.1, 0.15) is 56.9 Å². The molecule has 5 heteroatoms. The lowest BCUT2D eigenvalue weighted by molar-refractivity contribution is 0.590. The fourth-order valence-corrected chi connectivity index (χ4v) is 12.8. The molecule has 0 fully saturated rings. The predicted molar refractivity (Wildman–Crippen MR) is 261 cm³/mol. The molecule has 2 aliphatic heterocycles. The number of hydrogen-bond acceptors (Lipinski definition) is 3. The average molecular weight is 801 g/mol. The summed E-state index contributed by atoms with van der Waals surface area (Å²) in [6, 6.07) is 53.4. The lowest BCUT2D eigenvalue weighted by atomic mass is 9.43. The Labute approximate surface area is 358 Å². The Bertz CT molecular complexity index is 3800. The minimum Gasteiger partial charge on any atom is -0.456 e. The van der Waals surface area contributed by atoms with Crippen LogP contribution in [0.15, 0.2) is 144 Å². The van der Waals surface area contributed by atoms with E-state index >= 15 is 0 Å². The molecule has 0 atom stereocenters. The Morgan fingerprint density at radius 2 is 1.36 bits per heavy atom. The molecule has 3 aromatic heterocycles. The first kappa shape index (κ1) is 34.2. The third kappa shape index (κ3) is 4.25. The highest BCUT2D eigenvalue weighted by molar-refractivity contribution is 7.25. The SMILES string of the molecule is Cc1cc2c3c4c1c1cc5c(cc1n4-c1cc4c(cc1B3N(c1ccc(C(C)(C)C)cc1)c1cc3sc6ccccc6c3cc1-2)-c1ccccc1C4(C)C)oc1ccccc15. The van der Waals surface area contributed by atoms with Crippen LogP contribution in [-0.2, 0) is 10.8 Å². The summed E-state index contributed by atoms with van der Waals surface area (Å²) < 4.78 is 11.9. The first-order chi connectivity index (χ1) is 29.5. The van der Waals surface area contributed by atoms with E-state index in [2.05, 4.69) is 190 Å². The van der Waals surface area contributed by atoms with Crippen molar-refractivity contribution in [3.05, 3.63) is 162 Å². The molecule has 0 unspecified atom stereocenters. The van der Waals surface area contributed by atoms with Gasteiger partial charge < -0.3 is 13.8 Å². The van der Waals surface area contributed by atoms with Crippen LogP contribution in [0.25, 0.3) is 91.9 Å². The standard InChI is InChI=1S/C56H41BN2OS/c1-30-23-40-37-24-39-35-15-9-12-18-50(35)61-51(39)29-46(37)59(32-21-19-31(20-22-32)55(2,3)4)57-44-26-36-33-13-7-10-16-42(33)56(5,6)43(36)27-47(44)58-45-28-49-38(34-14-8-11-17-48(34)60-49)25-41(45)52(30)54(58)53(40)57/h7-29H,1-6H3. The van der Waals surface area contributed by atoms with Crippen molar-refractivity contribution in [3.63, 3.8) is 0 Å². The van der Waals surface area contributed by atoms with Gasteiger partial charge in [0.15, 0.2) is 0 Å². The van der Waals surface area contributed by atoms with Crippen molar-refractivity contribution >= 4 is 104 Å². The van der Waals surface area contributed by atoms with Crippen molar-refractivity contribution < 1.29 is 4.42 Å². The van der Waals surface area contributed by atoms with Gasteiger partial charge in [-0.2, -0.15) is 0 Å². The zero-order valence-corrected chi connectivity index (χ0v) is 35.9. The summed E-state index contributed by atoms with van der Waals surface area (Å²) >= 11 is 1.91. The maximum atomic E-state index is 6.65. The van der Waals surface area contributed by atoms with Crippen molar-refractivity contribution in [2.24, 2.45) is 0 Å². The Morgan fingerprint density at radius 1 is 0.590 bits per heavy atom. The molecule has 0 amide bonds. The molecule has 8 aromatic carbocycles. The van der Waals surface area contributed by atoms with Crippen LogP contribution in [0.3, 0.4) is 0 Å². The number of anilines is 2. The number of benzene rings is 8. The van der Waals surface area contributed by atoms with Crippen molar-refractivity contribution in [1.82, 2.24) is 4.57 Å². The number of rotatable bonds is 1. The molecule has 61 heavy (non-hydrogen) atoms. The van der Waals surface area contributed by atoms with Crippen LogP contribution in [0, 0.1) is 6.92 Å². The third-order valence-corrected chi connectivity index (χ3v) is 15.8. The molecular formula is C56H41BN2OS. The van der Waals surface area contributed by atoms with Gasteiger partial charge >= 0.3 is 6.85 Å². The van der Waals surface area contributed by atoms with Gasteiger partial charge in [0, 0.05) is 75.8 Å². The molecule has 5 heterocycles. The van der Waals surface area contributed by atoms with E-state index in [4.69, 9.17) is 4.42 Å². The van der Waals surface area contributed by atoms with Crippen molar-refractivity contribution in [3.8, 4) is 27.9 Å². The maximum absolute atomic E-state index is 6.65. The highest BCUT2D eigenvalue weighted by Crippen LogP contribution is 2.53. The van der Waals surface area contributed by atoms with E-state index in [1.54, 1.807) is 0 Å². The number of furan rings is 1. The number of nitrogens with zero attached hydrogens (tertiary/aromatic N) is 2. The van der Waals surface area contributed by atoms with E-state index in [0.717, 1.165) is 16.6 Å². The minimum absolute atomic E-state index is 0.0432. The van der Waals surface area contributed by atoms with Gasteiger partial charge in [0.25, 0.3) is 0 Å². The van der Waals surface area contributed by atoms with Crippen molar-refractivity contribution in [2.75, 3.05) is 4.81 Å². The molecular weight excluding hydrogens is 760 g/mol. The van der Waals surface area contributed by atoms with Gasteiger partial charge in [0.05, 0.1) is 11.0 Å². The van der Waals surface area contributed by atoms with Crippen LogP contribution in [0.4, 0.5) is 11.4 Å². The number of aryl methyl sites for hydroxylation is 1. The summed E-state index contributed by atoms with van der Waals surface area (Å²) in [5.41, 5.74) is 21.4. The number of thiophene rings is 1. The fourth-order valence-electron chi connectivity index (χ4n) is 11.7. The topological polar surface area (TPSA) is 21.3 Å². The Kier molecular flexibility index (Phi) is 6.29. The molecule has 3 nitrogen and oxygen atoms in total. The lowest BCUT2D eigenvalue weighted by Gasteiger charge is -2.42. The first-order valence-corrected chi connectivity index (χ1v) is 22.4. The Hall–Kier alpha value is -6.56. The van der Waals surface area contributed by atoms with Gasteiger partial charge in [-0.15, -0.1) is 11.3 Å². The summed E-state index contributed by atoms with van der Waals surface area (Å²) in [5.74, 6) is 0. The lowest BCUT2D eigenvalue weighted by Crippen LogP contribution is -2.60. The molecule has 0 saturated carbocycles. The van der Waals surface area contributed by atoms with Crippen LogP contribution >= 0.6 is 11.3 Å². The van der Waals surface area contributed by atoms with E-state index in [9.17, 15) is 0 Å². The Morgan fingerprint density at radius 3 is 2.20 bits per heavy atom. The fraction of sp³-hybridized carbons (Fsp3) is 0.143.